The maximum Gasteiger partial charge on any atom is 0.415 e. The maximum atomic E-state index is 13.4. The minimum Gasteiger partial charge on any atom is -0.449 e. The van der Waals surface area contributed by atoms with Crippen molar-refractivity contribution in [1.29, 1.82) is 0 Å². The molecule has 0 unspecified atom stereocenters. The molecule has 3 amide bonds. The normalized spacial score (nSPS) is 12.4. The summed E-state index contributed by atoms with van der Waals surface area (Å²) in [6.45, 7) is 5.08. The largest absolute Gasteiger partial charge is 0.449 e. The molecule has 1 aromatic heterocycles. The Kier molecular flexibility index (Phi) is 6.59. The number of nitrogens with zero attached hydrogens (tertiary/aromatic N) is 1. The molecule has 1 heterocycles. The summed E-state index contributed by atoms with van der Waals surface area (Å²) in [6, 6.07) is 12.9. The zero-order valence-electron chi connectivity index (χ0n) is 17.9. The molecule has 4 N–H and O–H groups in total. The Hall–Kier alpha value is -3.33. The number of hydrogen-bond donors (Lipinski definition) is 2. The van der Waals surface area contributed by atoms with Crippen LogP contribution in [-0.4, -0.2) is 29.6 Å². The number of amides is 3. The lowest BCUT2D eigenvalue weighted by Gasteiger charge is -2.32. The number of fused-ring (bicyclic) bond motifs is 1. The highest BCUT2D eigenvalue weighted by Crippen LogP contribution is 2.38. The number of nitrogens with two attached hydrogens (primary N) is 2. The second-order valence-corrected chi connectivity index (χ2v) is 9.16. The van der Waals surface area contributed by atoms with Crippen molar-refractivity contribution in [2.45, 2.75) is 38.8 Å². The number of carbonyl (C=O) groups excluding carboxylic acids is 3. The maximum absolute atomic E-state index is 13.4. The lowest BCUT2D eigenvalue weighted by Crippen LogP contribution is -2.51. The predicted octanol–water partition coefficient (Wildman–Crippen LogP) is 4.13. The minimum atomic E-state index is -1.18. The van der Waals surface area contributed by atoms with Gasteiger partial charge >= 0.3 is 6.09 Å². The zero-order chi connectivity index (χ0) is 23.6. The highest BCUT2D eigenvalue weighted by Gasteiger charge is 2.38. The minimum absolute atomic E-state index is 0.0304. The van der Waals surface area contributed by atoms with Crippen LogP contribution in [-0.2, 0) is 16.0 Å². The van der Waals surface area contributed by atoms with E-state index in [1.54, 1.807) is 39.0 Å². The lowest BCUT2D eigenvalue weighted by atomic mass is 10.0. The molecule has 1 atom stereocenters. The van der Waals surface area contributed by atoms with Crippen molar-refractivity contribution >= 4 is 50.5 Å². The molecule has 0 bridgehead atoms. The molecule has 9 heteroatoms. The van der Waals surface area contributed by atoms with Gasteiger partial charge < -0.3 is 20.6 Å². The average Bonchev–Trinajstić information content (AvgIpc) is 3.05. The summed E-state index contributed by atoms with van der Waals surface area (Å²) in [4.78, 5) is 39.3. The van der Waals surface area contributed by atoms with Gasteiger partial charge in [0.15, 0.2) is 0 Å². The first-order chi connectivity index (χ1) is 15.0. The first-order valence-corrected chi connectivity index (χ1v) is 10.6. The van der Waals surface area contributed by atoms with Crippen molar-refractivity contribution in [3.8, 4) is 0 Å². The summed E-state index contributed by atoms with van der Waals surface area (Å²) >= 11 is 3.38. The Morgan fingerprint density at radius 2 is 1.75 bits per heavy atom. The fourth-order valence-corrected chi connectivity index (χ4v) is 3.67. The van der Waals surface area contributed by atoms with E-state index in [-0.39, 0.29) is 17.9 Å². The van der Waals surface area contributed by atoms with E-state index in [1.165, 1.54) is 0 Å². The van der Waals surface area contributed by atoms with Gasteiger partial charge in [0.25, 0.3) is 5.91 Å². The van der Waals surface area contributed by atoms with Gasteiger partial charge in [0.05, 0.1) is 0 Å². The monoisotopic (exact) mass is 501 g/mol. The van der Waals surface area contributed by atoms with E-state index in [0.29, 0.717) is 15.4 Å². The number of benzene rings is 2. The number of rotatable bonds is 6. The van der Waals surface area contributed by atoms with Gasteiger partial charge in [-0.25, -0.2) is 4.79 Å². The van der Waals surface area contributed by atoms with Gasteiger partial charge in [0, 0.05) is 16.3 Å². The van der Waals surface area contributed by atoms with Gasteiger partial charge in [-0.2, -0.15) is 0 Å². The summed E-state index contributed by atoms with van der Waals surface area (Å²) in [7, 11) is 0. The SMILES string of the molecule is CC(C)(C)OC(=O)N(c1c(C(N)=O)oc2ccc(Br)cc12)[C@@H](Cc1ccccc1)C(N)=O. The van der Waals surface area contributed by atoms with Crippen molar-refractivity contribution in [2.75, 3.05) is 4.90 Å². The van der Waals surface area contributed by atoms with Crippen LogP contribution in [0.3, 0.4) is 0 Å². The summed E-state index contributed by atoms with van der Waals surface area (Å²) < 4.78 is 11.9. The van der Waals surface area contributed by atoms with Crippen molar-refractivity contribution in [2.24, 2.45) is 11.5 Å². The molecular formula is C23H24BrN3O5. The van der Waals surface area contributed by atoms with Crippen LogP contribution in [0.2, 0.25) is 0 Å². The van der Waals surface area contributed by atoms with Crippen LogP contribution in [0.15, 0.2) is 57.4 Å². The molecule has 0 fully saturated rings. The molecule has 0 radical (unpaired) electrons. The quantitative estimate of drug-likeness (QED) is 0.524. The van der Waals surface area contributed by atoms with Crippen LogP contribution in [0.25, 0.3) is 11.0 Å². The van der Waals surface area contributed by atoms with Gasteiger partial charge in [-0.3, -0.25) is 14.5 Å². The van der Waals surface area contributed by atoms with Crippen LogP contribution in [0.5, 0.6) is 0 Å². The fourth-order valence-electron chi connectivity index (χ4n) is 3.30. The molecule has 32 heavy (non-hydrogen) atoms. The number of hydrogen-bond acceptors (Lipinski definition) is 5. The van der Waals surface area contributed by atoms with Gasteiger partial charge in [0.1, 0.15) is 22.9 Å². The van der Waals surface area contributed by atoms with Crippen LogP contribution >= 0.6 is 15.9 Å². The molecule has 0 spiro atoms. The molecule has 0 saturated carbocycles. The van der Waals surface area contributed by atoms with Crippen LogP contribution in [0.1, 0.15) is 36.9 Å². The van der Waals surface area contributed by atoms with Crippen LogP contribution < -0.4 is 16.4 Å². The molecule has 3 rings (SSSR count). The molecule has 168 valence electrons. The third-order valence-corrected chi connectivity index (χ3v) is 5.08. The number of furan rings is 1. The van der Waals surface area contributed by atoms with Crippen molar-refractivity contribution in [3.63, 3.8) is 0 Å². The fraction of sp³-hybridized carbons (Fsp3) is 0.261. The van der Waals surface area contributed by atoms with Gasteiger partial charge in [0.2, 0.25) is 11.7 Å². The molecule has 2 aromatic carbocycles. The first-order valence-electron chi connectivity index (χ1n) is 9.85. The number of halogens is 1. The molecule has 0 aliphatic heterocycles. The highest BCUT2D eigenvalue weighted by molar-refractivity contribution is 9.10. The third-order valence-electron chi connectivity index (χ3n) is 4.59. The van der Waals surface area contributed by atoms with Crippen molar-refractivity contribution < 1.29 is 23.5 Å². The Balaban J connectivity index is 2.26. The average molecular weight is 502 g/mol. The molecule has 0 saturated heterocycles. The van der Waals surface area contributed by atoms with Gasteiger partial charge in [-0.05, 0) is 44.5 Å². The van der Waals surface area contributed by atoms with E-state index in [1.807, 2.05) is 30.3 Å². The zero-order valence-corrected chi connectivity index (χ0v) is 19.5. The predicted molar refractivity (Wildman–Crippen MR) is 124 cm³/mol. The Labute approximate surface area is 193 Å². The standard InChI is InChI=1S/C23H24BrN3O5/c1-23(2,3)32-22(30)27(16(20(25)28)11-13-7-5-4-6-8-13)18-15-12-14(24)9-10-17(15)31-19(18)21(26)29/h4-10,12,16H,11H2,1-3H3,(H2,25,28)(H2,26,29)/t16-/m0/s1. The van der Waals surface area contributed by atoms with E-state index in [9.17, 15) is 14.4 Å². The summed E-state index contributed by atoms with van der Waals surface area (Å²) in [5.74, 6) is -1.95. The second kappa shape index (κ2) is 9.04. The van der Waals surface area contributed by atoms with Crippen molar-refractivity contribution in [1.82, 2.24) is 0 Å². The first kappa shape index (κ1) is 23.3. The second-order valence-electron chi connectivity index (χ2n) is 8.24. The van der Waals surface area contributed by atoms with Crippen LogP contribution in [0, 0.1) is 0 Å². The summed E-state index contributed by atoms with van der Waals surface area (Å²) in [5, 5.41) is 0.401. The number of carbonyl (C=O) groups is 3. The molecule has 0 aliphatic rings. The Bertz CT molecular complexity index is 1170. The lowest BCUT2D eigenvalue weighted by molar-refractivity contribution is -0.119. The van der Waals surface area contributed by atoms with E-state index in [2.05, 4.69) is 15.9 Å². The molecule has 3 aromatic rings. The van der Waals surface area contributed by atoms with E-state index < -0.39 is 29.6 Å². The van der Waals surface area contributed by atoms with Crippen LogP contribution in [0.4, 0.5) is 10.5 Å². The molecular weight excluding hydrogens is 478 g/mol. The molecule has 0 aliphatic carbocycles. The number of anilines is 1. The Morgan fingerprint density at radius 3 is 2.31 bits per heavy atom. The van der Waals surface area contributed by atoms with E-state index in [0.717, 1.165) is 10.5 Å². The molecule has 8 nitrogen and oxygen atoms in total. The third kappa shape index (κ3) is 5.11. The van der Waals surface area contributed by atoms with Crippen molar-refractivity contribution in [3.05, 3.63) is 64.3 Å². The number of primary amides is 2. The summed E-state index contributed by atoms with van der Waals surface area (Å²) in [6.07, 6.45) is -0.767. The number of ether oxygens (including phenoxy) is 1. The topological polar surface area (TPSA) is 129 Å². The highest BCUT2D eigenvalue weighted by atomic mass is 79.9. The Morgan fingerprint density at radius 1 is 1.09 bits per heavy atom. The summed E-state index contributed by atoms with van der Waals surface area (Å²) in [5.41, 5.74) is 11.5. The van der Waals surface area contributed by atoms with Gasteiger partial charge in [-0.1, -0.05) is 46.3 Å². The van der Waals surface area contributed by atoms with E-state index in [4.69, 9.17) is 20.6 Å². The van der Waals surface area contributed by atoms with E-state index >= 15 is 0 Å². The van der Waals surface area contributed by atoms with Gasteiger partial charge in [-0.15, -0.1) is 0 Å². The smallest absolute Gasteiger partial charge is 0.415 e.